The lowest BCUT2D eigenvalue weighted by molar-refractivity contribution is 0.562. The lowest BCUT2D eigenvalue weighted by Crippen LogP contribution is -2.27. The Balaban J connectivity index is 1.60. The lowest BCUT2D eigenvalue weighted by Gasteiger charge is -2.13. The quantitative estimate of drug-likeness (QED) is 0.319. The maximum absolute atomic E-state index is 13.7. The molecule has 5 aromatic rings. The third-order valence-electron chi connectivity index (χ3n) is 6.05. The Morgan fingerprint density at radius 2 is 1.86 bits per heavy atom. The average Bonchev–Trinajstić information content (AvgIpc) is 3.66. The number of tetrazole rings is 2. The molecule has 0 aliphatic heterocycles. The second kappa shape index (κ2) is 10.4. The summed E-state index contributed by atoms with van der Waals surface area (Å²) < 4.78 is 4.99. The fraction of sp³-hybridized carbons (Fsp3) is 0.333. The van der Waals surface area contributed by atoms with Crippen LogP contribution in [0.4, 0.5) is 0 Å². The van der Waals surface area contributed by atoms with E-state index in [0.717, 1.165) is 53.6 Å². The van der Waals surface area contributed by atoms with Crippen molar-refractivity contribution in [2.24, 2.45) is 0 Å². The molecule has 0 saturated carbocycles. The molecule has 0 aliphatic carbocycles. The molecule has 1 aromatic carbocycles. The molecule has 12 nitrogen and oxygen atoms in total. The molecule has 36 heavy (non-hydrogen) atoms. The van der Waals surface area contributed by atoms with Gasteiger partial charge in [0.1, 0.15) is 0 Å². The Morgan fingerprint density at radius 1 is 1.00 bits per heavy atom. The van der Waals surface area contributed by atoms with Gasteiger partial charge >= 0.3 is 5.69 Å². The van der Waals surface area contributed by atoms with E-state index in [2.05, 4.69) is 48.1 Å². The van der Waals surface area contributed by atoms with Crippen LogP contribution in [0.15, 0.2) is 53.7 Å². The molecule has 0 aliphatic rings. The van der Waals surface area contributed by atoms with Crippen LogP contribution in [0, 0.1) is 0 Å². The Hall–Kier alpha value is -4.48. The standard InChI is InChI=1S/C24H27N11O/c1-3-5-8-18-16-34(23-28-31-32-35(23)13-4-2)24(36)33(18)15-17-14-25-12-11-19(17)20-9-6-7-10-21(20)22-26-29-30-27-22/h6-7,9-12,14,16H,3-5,8,13,15H2,1-2H3,(H,26,27,29,30). The summed E-state index contributed by atoms with van der Waals surface area (Å²) in [4.78, 5) is 18.0. The van der Waals surface area contributed by atoms with Crippen molar-refractivity contribution < 1.29 is 0 Å². The van der Waals surface area contributed by atoms with E-state index in [1.807, 2.05) is 43.5 Å². The zero-order valence-corrected chi connectivity index (χ0v) is 20.2. The van der Waals surface area contributed by atoms with Gasteiger partial charge in [0.15, 0.2) is 0 Å². The topological polar surface area (TPSA) is 138 Å². The van der Waals surface area contributed by atoms with Crippen LogP contribution in [0.3, 0.4) is 0 Å². The van der Waals surface area contributed by atoms with Gasteiger partial charge < -0.3 is 0 Å². The molecule has 5 rings (SSSR count). The number of hydrogen-bond donors (Lipinski definition) is 1. The van der Waals surface area contributed by atoms with Crippen molar-refractivity contribution in [1.82, 2.24) is 54.9 Å². The van der Waals surface area contributed by atoms with Crippen molar-refractivity contribution in [1.29, 1.82) is 0 Å². The first-order chi connectivity index (χ1) is 17.7. The molecule has 0 radical (unpaired) electrons. The maximum Gasteiger partial charge on any atom is 0.335 e. The minimum absolute atomic E-state index is 0.186. The number of hydrogen-bond acceptors (Lipinski definition) is 8. The van der Waals surface area contributed by atoms with Gasteiger partial charge in [0.25, 0.3) is 5.95 Å². The summed E-state index contributed by atoms with van der Waals surface area (Å²) in [6.07, 6.45) is 9.01. The highest BCUT2D eigenvalue weighted by Crippen LogP contribution is 2.32. The summed E-state index contributed by atoms with van der Waals surface area (Å²) in [5.74, 6) is 0.926. The van der Waals surface area contributed by atoms with Crippen LogP contribution in [0.25, 0.3) is 28.5 Å². The van der Waals surface area contributed by atoms with E-state index in [4.69, 9.17) is 0 Å². The number of aryl methyl sites for hydroxylation is 2. The maximum atomic E-state index is 13.7. The van der Waals surface area contributed by atoms with Crippen LogP contribution in [-0.4, -0.2) is 54.9 Å². The molecule has 0 amide bonds. The average molecular weight is 486 g/mol. The number of nitrogens with one attached hydrogen (secondary N) is 1. The van der Waals surface area contributed by atoms with Gasteiger partial charge in [0.05, 0.1) is 6.54 Å². The Labute approximate surface area is 207 Å². The number of benzene rings is 1. The van der Waals surface area contributed by atoms with Crippen LogP contribution in [0.5, 0.6) is 0 Å². The van der Waals surface area contributed by atoms with Crippen molar-refractivity contribution in [2.45, 2.75) is 52.6 Å². The number of H-pyrrole nitrogens is 1. The van der Waals surface area contributed by atoms with Gasteiger partial charge in [-0.05, 0) is 57.7 Å². The van der Waals surface area contributed by atoms with E-state index in [0.29, 0.717) is 24.9 Å². The monoisotopic (exact) mass is 485 g/mol. The van der Waals surface area contributed by atoms with Gasteiger partial charge in [-0.3, -0.25) is 9.55 Å². The van der Waals surface area contributed by atoms with E-state index in [1.165, 1.54) is 0 Å². The minimum atomic E-state index is -0.186. The van der Waals surface area contributed by atoms with E-state index in [1.54, 1.807) is 26.2 Å². The zero-order chi connectivity index (χ0) is 24.9. The number of aromatic amines is 1. The van der Waals surface area contributed by atoms with Crippen molar-refractivity contribution in [2.75, 3.05) is 0 Å². The molecule has 12 heteroatoms. The summed E-state index contributed by atoms with van der Waals surface area (Å²) in [5.41, 5.74) is 4.37. The van der Waals surface area contributed by atoms with Crippen LogP contribution in [-0.2, 0) is 19.5 Å². The first-order valence-electron chi connectivity index (χ1n) is 12.0. The Morgan fingerprint density at radius 3 is 2.64 bits per heavy atom. The van der Waals surface area contributed by atoms with Gasteiger partial charge in [-0.25, -0.2) is 14.0 Å². The third-order valence-corrected chi connectivity index (χ3v) is 6.05. The molecule has 4 aromatic heterocycles. The molecule has 1 N–H and O–H groups in total. The number of rotatable bonds is 10. The highest BCUT2D eigenvalue weighted by molar-refractivity contribution is 5.81. The first kappa shape index (κ1) is 23.3. The van der Waals surface area contributed by atoms with Crippen LogP contribution in [0.2, 0.25) is 0 Å². The molecule has 0 unspecified atom stereocenters. The normalized spacial score (nSPS) is 11.3. The molecule has 184 valence electrons. The zero-order valence-electron chi connectivity index (χ0n) is 20.2. The van der Waals surface area contributed by atoms with Gasteiger partial charge in [-0.1, -0.05) is 49.6 Å². The highest BCUT2D eigenvalue weighted by Gasteiger charge is 2.20. The second-order valence-corrected chi connectivity index (χ2v) is 8.48. The van der Waals surface area contributed by atoms with Crippen molar-refractivity contribution in [3.8, 4) is 28.5 Å². The van der Waals surface area contributed by atoms with E-state index >= 15 is 0 Å². The molecule has 0 saturated heterocycles. The predicted molar refractivity (Wildman–Crippen MR) is 132 cm³/mol. The smallest absolute Gasteiger partial charge is 0.291 e. The lowest BCUT2D eigenvalue weighted by atomic mass is 9.96. The fourth-order valence-corrected chi connectivity index (χ4v) is 4.30. The van der Waals surface area contributed by atoms with Crippen LogP contribution < -0.4 is 5.69 Å². The van der Waals surface area contributed by atoms with Crippen molar-refractivity contribution >= 4 is 0 Å². The van der Waals surface area contributed by atoms with Crippen LogP contribution in [0.1, 0.15) is 44.4 Å². The van der Waals surface area contributed by atoms with Crippen molar-refractivity contribution in [3.05, 3.63) is 70.7 Å². The summed E-state index contributed by atoms with van der Waals surface area (Å²) in [6.45, 7) is 5.16. The molecule has 0 spiro atoms. The van der Waals surface area contributed by atoms with Gasteiger partial charge in [-0.2, -0.15) is 5.21 Å². The number of pyridine rings is 1. The van der Waals surface area contributed by atoms with Crippen molar-refractivity contribution in [3.63, 3.8) is 0 Å². The molecule has 0 fully saturated rings. The van der Waals surface area contributed by atoms with Gasteiger partial charge in [0, 0.05) is 36.4 Å². The number of aromatic nitrogens is 11. The first-order valence-corrected chi connectivity index (χ1v) is 12.0. The molecular formula is C24H27N11O. The number of nitrogens with zero attached hydrogens (tertiary/aromatic N) is 10. The van der Waals surface area contributed by atoms with Gasteiger partial charge in [-0.15, -0.1) is 10.2 Å². The SMILES string of the molecule is CCCCc1cn(-c2nnnn2CCC)c(=O)n1Cc1cnccc1-c1ccccc1-c1nn[nH]n1. The third kappa shape index (κ3) is 4.44. The molecule has 0 bridgehead atoms. The summed E-state index contributed by atoms with van der Waals surface area (Å²) in [6, 6.07) is 9.81. The second-order valence-electron chi connectivity index (χ2n) is 8.48. The number of unbranched alkanes of at least 4 members (excludes halogenated alkanes) is 1. The van der Waals surface area contributed by atoms with E-state index in [9.17, 15) is 4.79 Å². The predicted octanol–water partition coefficient (Wildman–Crippen LogP) is 2.67. The molecule has 0 atom stereocenters. The van der Waals surface area contributed by atoms with E-state index < -0.39 is 0 Å². The van der Waals surface area contributed by atoms with E-state index in [-0.39, 0.29) is 5.69 Å². The molecular weight excluding hydrogens is 458 g/mol. The van der Waals surface area contributed by atoms with Gasteiger partial charge in [0.2, 0.25) is 5.82 Å². The Kier molecular flexibility index (Phi) is 6.74. The summed E-state index contributed by atoms with van der Waals surface area (Å²) >= 11 is 0. The minimum Gasteiger partial charge on any atom is -0.291 e. The highest BCUT2D eigenvalue weighted by atomic mass is 16.2. The Bertz CT molecular complexity index is 1500. The molecule has 4 heterocycles. The number of imidazole rings is 1. The van der Waals surface area contributed by atoms with Crippen LogP contribution >= 0.6 is 0 Å². The fourth-order valence-electron chi connectivity index (χ4n) is 4.30. The largest absolute Gasteiger partial charge is 0.335 e. The summed E-state index contributed by atoms with van der Waals surface area (Å²) in [5, 5.41) is 26.5. The summed E-state index contributed by atoms with van der Waals surface area (Å²) in [7, 11) is 0.